The second-order valence-electron chi connectivity index (χ2n) is 5.61. The average molecular weight is 348 g/mol. The van der Waals surface area contributed by atoms with E-state index in [1.807, 2.05) is 43.3 Å². The van der Waals surface area contributed by atoms with E-state index in [4.69, 9.17) is 11.6 Å². The first-order valence-corrected chi connectivity index (χ1v) is 7.70. The Morgan fingerprint density at radius 2 is 1.88 bits per heavy atom. The third-order valence-corrected chi connectivity index (χ3v) is 3.77. The van der Waals surface area contributed by atoms with Crippen LogP contribution in [-0.4, -0.2) is 29.8 Å². The molecule has 0 unspecified atom stereocenters. The van der Waals surface area contributed by atoms with E-state index in [9.17, 15) is 14.9 Å². The van der Waals surface area contributed by atoms with E-state index in [0.717, 1.165) is 17.7 Å². The number of benzene rings is 2. The molecule has 24 heavy (non-hydrogen) atoms. The highest BCUT2D eigenvalue weighted by atomic mass is 35.5. The van der Waals surface area contributed by atoms with Crippen molar-refractivity contribution < 1.29 is 9.72 Å². The maximum Gasteiger partial charge on any atom is 0.270 e. The molecular formula is C17H18ClN3O3. The summed E-state index contributed by atoms with van der Waals surface area (Å²) in [4.78, 5) is 24.5. The fourth-order valence-electron chi connectivity index (χ4n) is 2.30. The molecule has 0 aliphatic rings. The molecule has 7 heteroatoms. The smallest absolute Gasteiger partial charge is 0.270 e. The van der Waals surface area contributed by atoms with Gasteiger partial charge in [-0.25, -0.2) is 0 Å². The molecule has 0 heterocycles. The number of hydrogen-bond donors (Lipinski definition) is 1. The SMILES string of the molecule is CN(C)Cc1ccccc1CNC(=O)c1ccc([N+](=O)[O-])cc1Cl. The number of nitrogens with zero attached hydrogens (tertiary/aromatic N) is 2. The lowest BCUT2D eigenvalue weighted by atomic mass is 10.1. The number of halogens is 1. The molecule has 0 aliphatic carbocycles. The van der Waals surface area contributed by atoms with Crippen LogP contribution in [0, 0.1) is 10.1 Å². The van der Waals surface area contributed by atoms with E-state index < -0.39 is 4.92 Å². The van der Waals surface area contributed by atoms with Gasteiger partial charge >= 0.3 is 0 Å². The average Bonchev–Trinajstić information content (AvgIpc) is 2.53. The maximum absolute atomic E-state index is 12.3. The third kappa shape index (κ3) is 4.53. The van der Waals surface area contributed by atoms with Gasteiger partial charge in [0.15, 0.2) is 0 Å². The first kappa shape index (κ1) is 17.9. The van der Waals surface area contributed by atoms with Crippen LogP contribution in [0.2, 0.25) is 5.02 Å². The summed E-state index contributed by atoms with van der Waals surface area (Å²) in [5.41, 5.74) is 2.20. The van der Waals surface area contributed by atoms with Gasteiger partial charge in [-0.3, -0.25) is 14.9 Å². The number of non-ortho nitro benzene ring substituents is 1. The molecule has 1 N–H and O–H groups in total. The number of amides is 1. The topological polar surface area (TPSA) is 75.5 Å². The van der Waals surface area contributed by atoms with Gasteiger partial charge in [0.05, 0.1) is 15.5 Å². The van der Waals surface area contributed by atoms with Crippen LogP contribution < -0.4 is 5.32 Å². The molecule has 6 nitrogen and oxygen atoms in total. The molecule has 2 rings (SSSR count). The number of nitro benzene ring substituents is 1. The van der Waals surface area contributed by atoms with Crippen molar-refractivity contribution in [3.63, 3.8) is 0 Å². The van der Waals surface area contributed by atoms with Crippen molar-refractivity contribution in [2.75, 3.05) is 14.1 Å². The second kappa shape index (κ2) is 7.90. The van der Waals surface area contributed by atoms with Crippen LogP contribution in [0.3, 0.4) is 0 Å². The fourth-order valence-corrected chi connectivity index (χ4v) is 2.56. The van der Waals surface area contributed by atoms with Crippen LogP contribution in [-0.2, 0) is 13.1 Å². The minimum Gasteiger partial charge on any atom is -0.348 e. The summed E-state index contributed by atoms with van der Waals surface area (Å²) in [6.07, 6.45) is 0. The Hall–Kier alpha value is -2.44. The third-order valence-electron chi connectivity index (χ3n) is 3.45. The minimum atomic E-state index is -0.551. The quantitative estimate of drug-likeness (QED) is 0.643. The molecule has 0 aromatic heterocycles. The molecule has 0 fully saturated rings. The first-order valence-electron chi connectivity index (χ1n) is 7.32. The van der Waals surface area contributed by atoms with Crippen LogP contribution in [0.25, 0.3) is 0 Å². The Kier molecular flexibility index (Phi) is 5.89. The van der Waals surface area contributed by atoms with Gasteiger partial charge in [-0.2, -0.15) is 0 Å². The van der Waals surface area contributed by atoms with Gasteiger partial charge in [-0.05, 0) is 31.3 Å². The van der Waals surface area contributed by atoms with Crippen LogP contribution in [0.4, 0.5) is 5.69 Å². The molecule has 2 aromatic rings. The molecular weight excluding hydrogens is 330 g/mol. The van der Waals surface area contributed by atoms with Gasteiger partial charge in [0.25, 0.3) is 11.6 Å². The standard InChI is InChI=1S/C17H18ClN3O3/c1-20(2)11-13-6-4-3-5-12(13)10-19-17(22)15-8-7-14(21(23)24)9-16(15)18/h3-9H,10-11H2,1-2H3,(H,19,22). The van der Waals surface area contributed by atoms with Crippen molar-refractivity contribution in [3.05, 3.63) is 74.3 Å². The fraction of sp³-hybridized carbons (Fsp3) is 0.235. The molecule has 0 saturated heterocycles. The molecule has 0 atom stereocenters. The van der Waals surface area contributed by atoms with E-state index in [1.54, 1.807) is 0 Å². The summed E-state index contributed by atoms with van der Waals surface area (Å²) >= 11 is 5.98. The Morgan fingerprint density at radius 1 is 1.21 bits per heavy atom. The highest BCUT2D eigenvalue weighted by Crippen LogP contribution is 2.22. The molecule has 1 amide bonds. The van der Waals surface area contributed by atoms with Crippen molar-refractivity contribution in [1.82, 2.24) is 10.2 Å². The van der Waals surface area contributed by atoms with Crippen LogP contribution in [0.15, 0.2) is 42.5 Å². The number of rotatable bonds is 6. The lowest BCUT2D eigenvalue weighted by Crippen LogP contribution is -2.24. The van der Waals surface area contributed by atoms with E-state index in [1.165, 1.54) is 18.2 Å². The lowest BCUT2D eigenvalue weighted by Gasteiger charge is -2.15. The summed E-state index contributed by atoms with van der Waals surface area (Å²) in [6, 6.07) is 11.6. The van der Waals surface area contributed by atoms with Gasteiger partial charge in [0.2, 0.25) is 0 Å². The summed E-state index contributed by atoms with van der Waals surface area (Å²) < 4.78 is 0. The molecule has 0 saturated carbocycles. The van der Waals surface area contributed by atoms with Gasteiger partial charge in [-0.1, -0.05) is 35.9 Å². The number of nitrogens with one attached hydrogen (secondary N) is 1. The van der Waals surface area contributed by atoms with E-state index >= 15 is 0 Å². The van der Waals surface area contributed by atoms with Crippen molar-refractivity contribution in [2.24, 2.45) is 0 Å². The predicted octanol–water partition coefficient (Wildman–Crippen LogP) is 3.24. The van der Waals surface area contributed by atoms with Crippen LogP contribution >= 0.6 is 11.6 Å². The van der Waals surface area contributed by atoms with Gasteiger partial charge < -0.3 is 10.2 Å². The zero-order chi connectivity index (χ0) is 17.7. The normalized spacial score (nSPS) is 10.7. The van der Waals surface area contributed by atoms with Gasteiger partial charge in [0.1, 0.15) is 0 Å². The number of carbonyl (C=O) groups is 1. The van der Waals surface area contributed by atoms with E-state index in [0.29, 0.717) is 6.54 Å². The van der Waals surface area contributed by atoms with Crippen molar-refractivity contribution in [2.45, 2.75) is 13.1 Å². The van der Waals surface area contributed by atoms with Crippen LogP contribution in [0.1, 0.15) is 21.5 Å². The predicted molar refractivity (Wildman–Crippen MR) is 93.1 cm³/mol. The number of carbonyl (C=O) groups excluding carboxylic acids is 1. The molecule has 0 bridgehead atoms. The van der Waals surface area contributed by atoms with Crippen LogP contribution in [0.5, 0.6) is 0 Å². The maximum atomic E-state index is 12.3. The van der Waals surface area contributed by atoms with Gasteiger partial charge in [-0.15, -0.1) is 0 Å². The number of nitro groups is 1. The summed E-state index contributed by atoms with van der Waals surface area (Å²) in [5, 5.41) is 13.6. The summed E-state index contributed by atoms with van der Waals surface area (Å²) in [6.45, 7) is 1.13. The van der Waals surface area contributed by atoms with Crippen molar-refractivity contribution >= 4 is 23.2 Å². The van der Waals surface area contributed by atoms with Crippen molar-refractivity contribution in [3.8, 4) is 0 Å². The summed E-state index contributed by atoms with van der Waals surface area (Å²) in [7, 11) is 3.96. The van der Waals surface area contributed by atoms with Gasteiger partial charge in [0, 0.05) is 25.2 Å². The Labute approximate surface area is 145 Å². The Balaban J connectivity index is 2.10. The number of hydrogen-bond acceptors (Lipinski definition) is 4. The van der Waals surface area contributed by atoms with Crippen molar-refractivity contribution in [1.29, 1.82) is 0 Å². The molecule has 126 valence electrons. The van der Waals surface area contributed by atoms with E-state index in [2.05, 4.69) is 5.32 Å². The Morgan fingerprint density at radius 3 is 2.46 bits per heavy atom. The van der Waals surface area contributed by atoms with E-state index in [-0.39, 0.29) is 22.2 Å². The molecule has 0 radical (unpaired) electrons. The highest BCUT2D eigenvalue weighted by molar-refractivity contribution is 6.34. The Bertz CT molecular complexity index is 762. The molecule has 2 aromatic carbocycles. The zero-order valence-electron chi connectivity index (χ0n) is 13.5. The summed E-state index contributed by atoms with van der Waals surface area (Å²) in [5.74, 6) is -0.366. The largest absolute Gasteiger partial charge is 0.348 e. The molecule has 0 aliphatic heterocycles. The monoisotopic (exact) mass is 347 g/mol. The first-order chi connectivity index (χ1) is 11.4. The lowest BCUT2D eigenvalue weighted by molar-refractivity contribution is -0.384. The highest BCUT2D eigenvalue weighted by Gasteiger charge is 2.15. The second-order valence-corrected chi connectivity index (χ2v) is 6.02. The zero-order valence-corrected chi connectivity index (χ0v) is 14.2. The molecule has 0 spiro atoms. The minimum absolute atomic E-state index is 0.0586.